The van der Waals surface area contributed by atoms with E-state index in [4.69, 9.17) is 9.47 Å². The monoisotopic (exact) mass is 334 g/mol. The Bertz CT molecular complexity index is 327. The summed E-state index contributed by atoms with van der Waals surface area (Å²) in [5.74, 6) is 0.733. The first-order chi connectivity index (χ1) is 10.2. The van der Waals surface area contributed by atoms with Crippen molar-refractivity contribution in [3.63, 3.8) is 0 Å². The summed E-state index contributed by atoms with van der Waals surface area (Å²) >= 11 is 0. The standard InChI is InChI=1S/C16H30N2O3.ClH/c1-3-21-15(19)16(13-20-2)6-10-18(11-7-16)12-14-4-8-17-9-5-14;/h14,17H,3-13H2,1-2H3;1H. The predicted octanol–water partition coefficient (Wildman–Crippen LogP) is 1.70. The number of esters is 1. The lowest BCUT2D eigenvalue weighted by molar-refractivity contribution is -0.162. The van der Waals surface area contributed by atoms with Crippen LogP contribution in [0.5, 0.6) is 0 Å². The zero-order valence-corrected chi connectivity index (χ0v) is 14.8. The Morgan fingerprint density at radius 1 is 1.27 bits per heavy atom. The fraction of sp³-hybridized carbons (Fsp3) is 0.938. The van der Waals surface area contributed by atoms with Gasteiger partial charge >= 0.3 is 5.97 Å². The lowest BCUT2D eigenvalue weighted by Gasteiger charge is -2.41. The van der Waals surface area contributed by atoms with Gasteiger partial charge < -0.3 is 19.7 Å². The molecule has 0 aromatic heterocycles. The Labute approximate surface area is 140 Å². The number of halogens is 1. The van der Waals surface area contributed by atoms with Crippen LogP contribution in [0.25, 0.3) is 0 Å². The Balaban J connectivity index is 0.00000242. The molecule has 0 aromatic rings. The largest absolute Gasteiger partial charge is 0.465 e. The van der Waals surface area contributed by atoms with Crippen molar-refractivity contribution in [3.8, 4) is 0 Å². The molecule has 2 heterocycles. The van der Waals surface area contributed by atoms with Crippen LogP contribution in [0.2, 0.25) is 0 Å². The third-order valence-electron chi connectivity index (χ3n) is 4.92. The maximum absolute atomic E-state index is 12.3. The summed E-state index contributed by atoms with van der Waals surface area (Å²) in [6.45, 7) is 8.22. The van der Waals surface area contributed by atoms with Crippen molar-refractivity contribution in [2.75, 3.05) is 53.0 Å². The van der Waals surface area contributed by atoms with E-state index in [1.807, 2.05) is 6.92 Å². The van der Waals surface area contributed by atoms with E-state index in [1.165, 1.54) is 19.4 Å². The van der Waals surface area contributed by atoms with Crippen molar-refractivity contribution < 1.29 is 14.3 Å². The van der Waals surface area contributed by atoms with E-state index in [0.29, 0.717) is 13.2 Å². The van der Waals surface area contributed by atoms with Crippen molar-refractivity contribution in [3.05, 3.63) is 0 Å². The molecular weight excluding hydrogens is 304 g/mol. The molecule has 0 saturated carbocycles. The van der Waals surface area contributed by atoms with Gasteiger partial charge in [-0.25, -0.2) is 0 Å². The molecule has 0 unspecified atom stereocenters. The summed E-state index contributed by atoms with van der Waals surface area (Å²) in [4.78, 5) is 14.8. The van der Waals surface area contributed by atoms with Crippen LogP contribution in [-0.4, -0.2) is 63.9 Å². The van der Waals surface area contributed by atoms with Crippen molar-refractivity contribution >= 4 is 18.4 Å². The smallest absolute Gasteiger partial charge is 0.314 e. The minimum Gasteiger partial charge on any atom is -0.465 e. The molecule has 0 spiro atoms. The van der Waals surface area contributed by atoms with Crippen LogP contribution in [0.1, 0.15) is 32.6 Å². The highest BCUT2D eigenvalue weighted by Gasteiger charge is 2.43. The molecule has 130 valence electrons. The Morgan fingerprint density at radius 3 is 2.45 bits per heavy atom. The van der Waals surface area contributed by atoms with Crippen LogP contribution in [0.4, 0.5) is 0 Å². The van der Waals surface area contributed by atoms with E-state index in [2.05, 4.69) is 10.2 Å². The second kappa shape index (κ2) is 9.71. The lowest BCUT2D eigenvalue weighted by atomic mass is 9.78. The van der Waals surface area contributed by atoms with Gasteiger partial charge in [0.15, 0.2) is 0 Å². The maximum atomic E-state index is 12.3. The molecule has 2 aliphatic rings. The van der Waals surface area contributed by atoms with Crippen LogP contribution < -0.4 is 5.32 Å². The predicted molar refractivity (Wildman–Crippen MR) is 89.5 cm³/mol. The number of carbonyl (C=O) groups excluding carboxylic acids is 1. The van der Waals surface area contributed by atoms with E-state index >= 15 is 0 Å². The molecular formula is C16H31ClN2O3. The number of rotatable bonds is 6. The van der Waals surface area contributed by atoms with Gasteiger partial charge in [-0.15, -0.1) is 12.4 Å². The van der Waals surface area contributed by atoms with Gasteiger partial charge in [-0.05, 0) is 64.7 Å². The van der Waals surface area contributed by atoms with Gasteiger partial charge in [-0.1, -0.05) is 0 Å². The topological polar surface area (TPSA) is 50.8 Å². The molecule has 0 aromatic carbocycles. The van der Waals surface area contributed by atoms with Crippen LogP contribution in [0.3, 0.4) is 0 Å². The average molecular weight is 335 g/mol. The molecule has 0 bridgehead atoms. The van der Waals surface area contributed by atoms with Gasteiger partial charge in [0.05, 0.1) is 18.6 Å². The molecule has 0 radical (unpaired) electrons. The Kier molecular flexibility index (Phi) is 8.69. The number of carbonyl (C=O) groups is 1. The molecule has 1 N–H and O–H groups in total. The molecule has 0 atom stereocenters. The molecule has 2 aliphatic heterocycles. The first-order valence-electron chi connectivity index (χ1n) is 8.29. The maximum Gasteiger partial charge on any atom is 0.314 e. The van der Waals surface area contributed by atoms with Gasteiger partial charge in [0.1, 0.15) is 0 Å². The molecule has 5 nitrogen and oxygen atoms in total. The number of likely N-dealkylation sites (tertiary alicyclic amines) is 1. The number of nitrogens with one attached hydrogen (secondary N) is 1. The van der Waals surface area contributed by atoms with Gasteiger partial charge in [-0.3, -0.25) is 4.79 Å². The molecule has 2 rings (SSSR count). The number of nitrogens with zero attached hydrogens (tertiary/aromatic N) is 1. The van der Waals surface area contributed by atoms with E-state index in [9.17, 15) is 4.79 Å². The number of piperidine rings is 2. The average Bonchev–Trinajstić information content (AvgIpc) is 2.51. The molecule has 6 heteroatoms. The minimum absolute atomic E-state index is 0. The first kappa shape index (κ1) is 19.7. The molecule has 0 aliphatic carbocycles. The summed E-state index contributed by atoms with van der Waals surface area (Å²) in [5.41, 5.74) is -0.421. The number of ether oxygens (including phenoxy) is 2. The first-order valence-corrected chi connectivity index (χ1v) is 8.29. The van der Waals surface area contributed by atoms with Gasteiger partial charge in [0, 0.05) is 13.7 Å². The van der Waals surface area contributed by atoms with Crippen molar-refractivity contribution in [2.45, 2.75) is 32.6 Å². The fourth-order valence-electron chi connectivity index (χ4n) is 3.56. The SMILES string of the molecule is CCOC(=O)C1(COC)CCN(CC2CCNCC2)CC1.Cl. The Hall–Kier alpha value is -0.360. The number of hydrogen-bond acceptors (Lipinski definition) is 5. The summed E-state index contributed by atoms with van der Waals surface area (Å²) in [6, 6.07) is 0. The van der Waals surface area contributed by atoms with E-state index < -0.39 is 5.41 Å². The van der Waals surface area contributed by atoms with Crippen LogP contribution in [0, 0.1) is 11.3 Å². The Morgan fingerprint density at radius 2 is 1.91 bits per heavy atom. The van der Waals surface area contributed by atoms with Crippen LogP contribution in [0.15, 0.2) is 0 Å². The third kappa shape index (κ3) is 5.08. The summed E-state index contributed by atoms with van der Waals surface area (Å²) < 4.78 is 10.6. The molecule has 2 fully saturated rings. The van der Waals surface area contributed by atoms with E-state index in [0.717, 1.165) is 44.9 Å². The molecule has 0 amide bonds. The fourth-order valence-corrected chi connectivity index (χ4v) is 3.56. The van der Waals surface area contributed by atoms with Gasteiger partial charge in [-0.2, -0.15) is 0 Å². The minimum atomic E-state index is -0.421. The molecule has 22 heavy (non-hydrogen) atoms. The third-order valence-corrected chi connectivity index (χ3v) is 4.92. The molecule has 2 saturated heterocycles. The highest BCUT2D eigenvalue weighted by molar-refractivity contribution is 5.85. The summed E-state index contributed by atoms with van der Waals surface area (Å²) in [5, 5.41) is 3.41. The van der Waals surface area contributed by atoms with Crippen LogP contribution >= 0.6 is 12.4 Å². The zero-order chi connectivity index (χ0) is 15.1. The van der Waals surface area contributed by atoms with Crippen molar-refractivity contribution in [1.29, 1.82) is 0 Å². The van der Waals surface area contributed by atoms with Gasteiger partial charge in [0.25, 0.3) is 0 Å². The van der Waals surface area contributed by atoms with Crippen molar-refractivity contribution in [2.24, 2.45) is 11.3 Å². The normalized spacial score (nSPS) is 22.8. The van der Waals surface area contributed by atoms with E-state index in [1.54, 1.807) is 7.11 Å². The summed E-state index contributed by atoms with van der Waals surface area (Å²) in [6.07, 6.45) is 4.25. The van der Waals surface area contributed by atoms with Crippen molar-refractivity contribution in [1.82, 2.24) is 10.2 Å². The number of methoxy groups -OCH3 is 1. The highest BCUT2D eigenvalue weighted by atomic mass is 35.5. The quantitative estimate of drug-likeness (QED) is 0.749. The van der Waals surface area contributed by atoms with Gasteiger partial charge in [0.2, 0.25) is 0 Å². The highest BCUT2D eigenvalue weighted by Crippen LogP contribution is 2.34. The van der Waals surface area contributed by atoms with E-state index in [-0.39, 0.29) is 18.4 Å². The lowest BCUT2D eigenvalue weighted by Crippen LogP contribution is -2.49. The second-order valence-corrected chi connectivity index (χ2v) is 6.43. The summed E-state index contributed by atoms with van der Waals surface area (Å²) in [7, 11) is 1.67. The zero-order valence-electron chi connectivity index (χ0n) is 13.9. The second-order valence-electron chi connectivity index (χ2n) is 6.43. The van der Waals surface area contributed by atoms with Crippen LogP contribution in [-0.2, 0) is 14.3 Å². The number of hydrogen-bond donors (Lipinski definition) is 1.